The number of rotatable bonds is 7. The standard InChI is InChI=1S/C20H19N5O2/c1-26-13-12-18-21-20(27-23-18)17-14-25(24-22-17)19(15-8-4-2-5-9-15)16-10-6-3-7-11-16/h2-11,14,19H,12-13H2,1H3. The highest BCUT2D eigenvalue weighted by atomic mass is 16.5. The summed E-state index contributed by atoms with van der Waals surface area (Å²) in [4.78, 5) is 4.36. The second-order valence-electron chi connectivity index (χ2n) is 6.07. The number of aromatic nitrogens is 5. The monoisotopic (exact) mass is 361 g/mol. The first-order chi connectivity index (χ1) is 13.3. The zero-order valence-electron chi connectivity index (χ0n) is 14.9. The molecule has 0 spiro atoms. The highest BCUT2D eigenvalue weighted by Gasteiger charge is 2.20. The van der Waals surface area contributed by atoms with Gasteiger partial charge < -0.3 is 9.26 Å². The summed E-state index contributed by atoms with van der Waals surface area (Å²) in [6, 6.07) is 20.3. The van der Waals surface area contributed by atoms with Crippen LogP contribution in [0.3, 0.4) is 0 Å². The quantitative estimate of drug-likeness (QED) is 0.503. The molecule has 136 valence electrons. The number of benzene rings is 2. The molecule has 0 N–H and O–H groups in total. The van der Waals surface area contributed by atoms with Gasteiger partial charge in [-0.25, -0.2) is 4.68 Å². The molecule has 2 heterocycles. The van der Waals surface area contributed by atoms with Gasteiger partial charge >= 0.3 is 0 Å². The van der Waals surface area contributed by atoms with Gasteiger partial charge in [0.25, 0.3) is 5.89 Å². The van der Waals surface area contributed by atoms with Crippen LogP contribution in [0.5, 0.6) is 0 Å². The van der Waals surface area contributed by atoms with Gasteiger partial charge in [-0.2, -0.15) is 4.98 Å². The Labute approximate surface area is 156 Å². The number of hydrogen-bond acceptors (Lipinski definition) is 6. The maximum atomic E-state index is 5.32. The van der Waals surface area contributed by atoms with E-state index in [2.05, 4.69) is 44.7 Å². The van der Waals surface area contributed by atoms with Crippen molar-refractivity contribution in [3.8, 4) is 11.6 Å². The van der Waals surface area contributed by atoms with Gasteiger partial charge in [0.05, 0.1) is 12.8 Å². The van der Waals surface area contributed by atoms with E-state index in [1.165, 1.54) is 0 Å². The zero-order chi connectivity index (χ0) is 18.5. The third-order valence-corrected chi connectivity index (χ3v) is 4.22. The third kappa shape index (κ3) is 3.78. The number of hydrogen-bond donors (Lipinski definition) is 0. The van der Waals surface area contributed by atoms with Gasteiger partial charge in [-0.3, -0.25) is 0 Å². The van der Waals surface area contributed by atoms with Crippen LogP contribution in [0.1, 0.15) is 23.0 Å². The van der Waals surface area contributed by atoms with Gasteiger partial charge in [-0.15, -0.1) is 5.10 Å². The molecule has 0 radical (unpaired) electrons. The number of methoxy groups -OCH3 is 1. The summed E-state index contributed by atoms with van der Waals surface area (Å²) in [5.41, 5.74) is 2.78. The summed E-state index contributed by atoms with van der Waals surface area (Å²) in [7, 11) is 1.64. The summed E-state index contributed by atoms with van der Waals surface area (Å²) >= 11 is 0. The molecule has 0 atom stereocenters. The smallest absolute Gasteiger partial charge is 0.280 e. The summed E-state index contributed by atoms with van der Waals surface area (Å²) in [6.45, 7) is 0.537. The Hall–Kier alpha value is -3.32. The minimum absolute atomic E-state index is 0.0930. The van der Waals surface area contributed by atoms with Crippen LogP contribution >= 0.6 is 0 Å². The highest BCUT2D eigenvalue weighted by molar-refractivity contribution is 5.44. The largest absolute Gasteiger partial charge is 0.384 e. The molecule has 0 amide bonds. The van der Waals surface area contributed by atoms with Crippen LogP contribution in [0.25, 0.3) is 11.6 Å². The molecule has 0 bridgehead atoms. The van der Waals surface area contributed by atoms with E-state index in [1.807, 2.05) is 47.3 Å². The van der Waals surface area contributed by atoms with Crippen LogP contribution in [0, 0.1) is 0 Å². The van der Waals surface area contributed by atoms with Crippen molar-refractivity contribution in [2.45, 2.75) is 12.5 Å². The fraction of sp³-hybridized carbons (Fsp3) is 0.200. The molecular weight excluding hydrogens is 342 g/mol. The molecule has 0 fully saturated rings. The second kappa shape index (κ2) is 7.92. The van der Waals surface area contributed by atoms with Crippen LogP contribution in [-0.4, -0.2) is 38.9 Å². The molecule has 27 heavy (non-hydrogen) atoms. The first-order valence-electron chi connectivity index (χ1n) is 8.69. The summed E-state index contributed by atoms with van der Waals surface area (Å²) < 4.78 is 12.2. The Morgan fingerprint density at radius 2 is 1.67 bits per heavy atom. The molecule has 0 unspecified atom stereocenters. The molecule has 7 nitrogen and oxygen atoms in total. The Bertz CT molecular complexity index is 942. The molecule has 7 heteroatoms. The molecule has 2 aromatic carbocycles. The van der Waals surface area contributed by atoms with Crippen molar-refractivity contribution in [3.63, 3.8) is 0 Å². The highest BCUT2D eigenvalue weighted by Crippen LogP contribution is 2.27. The first-order valence-corrected chi connectivity index (χ1v) is 8.69. The maximum Gasteiger partial charge on any atom is 0.280 e. The predicted octanol–water partition coefficient (Wildman–Crippen LogP) is 3.15. The number of ether oxygens (including phenoxy) is 1. The average Bonchev–Trinajstić information content (AvgIpc) is 3.38. The van der Waals surface area contributed by atoms with E-state index < -0.39 is 0 Å². The normalized spacial score (nSPS) is 11.2. The SMILES string of the molecule is COCCc1noc(-c2cn(C(c3ccccc3)c3ccccc3)nn2)n1. The topological polar surface area (TPSA) is 78.9 Å². The summed E-state index contributed by atoms with van der Waals surface area (Å²) in [5, 5.41) is 12.5. The molecule has 4 aromatic rings. The van der Waals surface area contributed by atoms with Gasteiger partial charge in [0.1, 0.15) is 6.04 Å². The lowest BCUT2D eigenvalue weighted by Crippen LogP contribution is -2.13. The van der Waals surface area contributed by atoms with Crippen molar-refractivity contribution in [2.24, 2.45) is 0 Å². The van der Waals surface area contributed by atoms with E-state index in [4.69, 9.17) is 9.26 Å². The van der Waals surface area contributed by atoms with E-state index in [0.717, 1.165) is 11.1 Å². The molecule has 4 rings (SSSR count). The maximum absolute atomic E-state index is 5.32. The minimum atomic E-state index is -0.0930. The van der Waals surface area contributed by atoms with Crippen LogP contribution in [-0.2, 0) is 11.2 Å². The molecule has 0 aliphatic carbocycles. The Morgan fingerprint density at radius 1 is 1.00 bits per heavy atom. The molecular formula is C20H19N5O2. The molecule has 2 aromatic heterocycles. The minimum Gasteiger partial charge on any atom is -0.384 e. The Kier molecular flexibility index (Phi) is 5.02. The fourth-order valence-corrected chi connectivity index (χ4v) is 2.92. The van der Waals surface area contributed by atoms with Gasteiger partial charge in [0.15, 0.2) is 11.5 Å². The second-order valence-corrected chi connectivity index (χ2v) is 6.07. The lowest BCUT2D eigenvalue weighted by molar-refractivity contribution is 0.199. The lowest BCUT2D eigenvalue weighted by Gasteiger charge is -2.17. The van der Waals surface area contributed by atoms with Crippen molar-refractivity contribution < 1.29 is 9.26 Å². The lowest BCUT2D eigenvalue weighted by atomic mass is 9.99. The average molecular weight is 361 g/mol. The fourth-order valence-electron chi connectivity index (χ4n) is 2.92. The van der Waals surface area contributed by atoms with Gasteiger partial charge in [0, 0.05) is 13.5 Å². The van der Waals surface area contributed by atoms with Crippen LogP contribution in [0.2, 0.25) is 0 Å². The van der Waals surface area contributed by atoms with Gasteiger partial charge in [-0.05, 0) is 11.1 Å². The van der Waals surface area contributed by atoms with E-state index in [1.54, 1.807) is 7.11 Å². The molecule has 0 aliphatic rings. The Morgan fingerprint density at radius 3 is 2.30 bits per heavy atom. The third-order valence-electron chi connectivity index (χ3n) is 4.22. The van der Waals surface area contributed by atoms with Crippen molar-refractivity contribution in [3.05, 3.63) is 83.8 Å². The van der Waals surface area contributed by atoms with Gasteiger partial charge in [-0.1, -0.05) is 71.0 Å². The van der Waals surface area contributed by atoms with E-state index >= 15 is 0 Å². The van der Waals surface area contributed by atoms with Crippen LogP contribution in [0.15, 0.2) is 71.4 Å². The summed E-state index contributed by atoms with van der Waals surface area (Å²) in [5.74, 6) is 0.941. The number of nitrogens with zero attached hydrogens (tertiary/aromatic N) is 5. The van der Waals surface area contributed by atoms with Crippen molar-refractivity contribution in [1.82, 2.24) is 25.1 Å². The molecule has 0 saturated heterocycles. The van der Waals surface area contributed by atoms with E-state index in [9.17, 15) is 0 Å². The van der Waals surface area contributed by atoms with Crippen LogP contribution < -0.4 is 0 Å². The zero-order valence-corrected chi connectivity index (χ0v) is 14.9. The molecule has 0 aliphatic heterocycles. The van der Waals surface area contributed by atoms with Crippen molar-refractivity contribution >= 4 is 0 Å². The first kappa shape index (κ1) is 17.1. The van der Waals surface area contributed by atoms with E-state index in [0.29, 0.717) is 30.4 Å². The van der Waals surface area contributed by atoms with Crippen molar-refractivity contribution in [2.75, 3.05) is 13.7 Å². The van der Waals surface area contributed by atoms with Crippen LogP contribution in [0.4, 0.5) is 0 Å². The van der Waals surface area contributed by atoms with Crippen molar-refractivity contribution in [1.29, 1.82) is 0 Å². The predicted molar refractivity (Wildman–Crippen MR) is 99.0 cm³/mol. The van der Waals surface area contributed by atoms with E-state index in [-0.39, 0.29) is 6.04 Å². The van der Waals surface area contributed by atoms with Gasteiger partial charge in [0.2, 0.25) is 0 Å². The Balaban J connectivity index is 1.67. The summed E-state index contributed by atoms with van der Waals surface area (Å²) in [6.07, 6.45) is 2.42. The molecule has 0 saturated carbocycles.